The van der Waals surface area contributed by atoms with Crippen molar-refractivity contribution in [2.75, 3.05) is 13.1 Å². The van der Waals surface area contributed by atoms with Gasteiger partial charge < -0.3 is 0 Å². The standard InChI is InChI=1S/C12H16N4/c1-9-3-4-10(2)11(5-9)6-16-7-12(8-16)14-15-13/h3-5,12H,6-8H2,1-2H3. The normalized spacial score (nSPS) is 16.6. The van der Waals surface area contributed by atoms with E-state index in [4.69, 9.17) is 5.53 Å². The summed E-state index contributed by atoms with van der Waals surface area (Å²) in [4.78, 5) is 5.14. The molecule has 1 aliphatic rings. The number of hydrogen-bond donors (Lipinski definition) is 0. The minimum absolute atomic E-state index is 0.176. The number of azide groups is 1. The van der Waals surface area contributed by atoms with Crippen molar-refractivity contribution in [3.63, 3.8) is 0 Å². The lowest BCUT2D eigenvalue weighted by molar-refractivity contribution is 0.142. The van der Waals surface area contributed by atoms with Gasteiger partial charge in [0, 0.05) is 24.5 Å². The first-order valence-corrected chi connectivity index (χ1v) is 5.51. The molecule has 1 fully saturated rings. The SMILES string of the molecule is Cc1ccc(C)c(CN2CC(N=[N+]=[N-])C2)c1. The molecule has 4 nitrogen and oxygen atoms in total. The van der Waals surface area contributed by atoms with Gasteiger partial charge in [-0.05, 0) is 30.5 Å². The van der Waals surface area contributed by atoms with Crippen LogP contribution in [0.5, 0.6) is 0 Å². The third-order valence-electron chi connectivity index (χ3n) is 3.05. The maximum Gasteiger partial charge on any atom is 0.0628 e. The second kappa shape index (κ2) is 4.56. The van der Waals surface area contributed by atoms with Gasteiger partial charge in [-0.3, -0.25) is 4.90 Å². The van der Waals surface area contributed by atoms with E-state index in [1.807, 2.05) is 0 Å². The molecule has 1 aromatic carbocycles. The van der Waals surface area contributed by atoms with Crippen LogP contribution in [0.25, 0.3) is 10.4 Å². The van der Waals surface area contributed by atoms with Gasteiger partial charge in [0.2, 0.25) is 0 Å². The fourth-order valence-electron chi connectivity index (χ4n) is 2.03. The number of aryl methyl sites for hydroxylation is 2. The molecule has 4 heteroatoms. The molecule has 1 aliphatic heterocycles. The molecule has 0 aromatic heterocycles. The maximum absolute atomic E-state index is 8.30. The quantitative estimate of drug-likeness (QED) is 0.435. The molecule has 0 bridgehead atoms. The number of nitrogens with zero attached hydrogens (tertiary/aromatic N) is 4. The van der Waals surface area contributed by atoms with Crippen LogP contribution in [0.1, 0.15) is 16.7 Å². The molecular formula is C12H16N4. The summed E-state index contributed by atoms with van der Waals surface area (Å²) < 4.78 is 0. The van der Waals surface area contributed by atoms with Crippen LogP contribution < -0.4 is 0 Å². The highest BCUT2D eigenvalue weighted by molar-refractivity contribution is 5.30. The molecule has 1 saturated heterocycles. The van der Waals surface area contributed by atoms with E-state index in [2.05, 4.69) is 47.0 Å². The van der Waals surface area contributed by atoms with Gasteiger partial charge in [0.1, 0.15) is 0 Å². The highest BCUT2D eigenvalue weighted by Crippen LogP contribution is 2.18. The van der Waals surface area contributed by atoms with Crippen LogP contribution in [0.3, 0.4) is 0 Å². The van der Waals surface area contributed by atoms with Crippen molar-refractivity contribution in [3.8, 4) is 0 Å². The monoisotopic (exact) mass is 216 g/mol. The van der Waals surface area contributed by atoms with Crippen LogP contribution in [-0.4, -0.2) is 24.0 Å². The molecule has 0 saturated carbocycles. The first kappa shape index (κ1) is 11.0. The third-order valence-corrected chi connectivity index (χ3v) is 3.05. The van der Waals surface area contributed by atoms with E-state index in [1.165, 1.54) is 16.7 Å². The first-order valence-electron chi connectivity index (χ1n) is 5.51. The minimum atomic E-state index is 0.176. The van der Waals surface area contributed by atoms with E-state index < -0.39 is 0 Å². The van der Waals surface area contributed by atoms with Crippen LogP contribution >= 0.6 is 0 Å². The predicted molar refractivity (Wildman–Crippen MR) is 64.1 cm³/mol. The summed E-state index contributed by atoms with van der Waals surface area (Å²) in [6.07, 6.45) is 0. The molecular weight excluding hydrogens is 200 g/mol. The number of hydrogen-bond acceptors (Lipinski definition) is 2. The molecule has 0 spiro atoms. The smallest absolute Gasteiger partial charge is 0.0628 e. The zero-order valence-corrected chi connectivity index (χ0v) is 9.72. The average molecular weight is 216 g/mol. The zero-order valence-electron chi connectivity index (χ0n) is 9.72. The van der Waals surface area contributed by atoms with E-state index in [0.29, 0.717) is 0 Å². The van der Waals surface area contributed by atoms with E-state index in [-0.39, 0.29) is 6.04 Å². The van der Waals surface area contributed by atoms with Gasteiger partial charge in [0.15, 0.2) is 0 Å². The van der Waals surface area contributed by atoms with E-state index >= 15 is 0 Å². The van der Waals surface area contributed by atoms with E-state index in [1.54, 1.807) is 0 Å². The summed E-state index contributed by atoms with van der Waals surface area (Å²) >= 11 is 0. The van der Waals surface area contributed by atoms with Crippen LogP contribution in [0, 0.1) is 13.8 Å². The Bertz CT molecular complexity index is 429. The topological polar surface area (TPSA) is 52.0 Å². The van der Waals surface area contributed by atoms with Crippen molar-refractivity contribution in [2.24, 2.45) is 5.11 Å². The Balaban J connectivity index is 1.96. The predicted octanol–water partition coefficient (Wildman–Crippen LogP) is 2.80. The molecule has 2 rings (SSSR count). The Labute approximate surface area is 95.5 Å². The summed E-state index contributed by atoms with van der Waals surface area (Å²) in [7, 11) is 0. The second-order valence-electron chi connectivity index (χ2n) is 4.48. The van der Waals surface area contributed by atoms with Crippen LogP contribution in [0.2, 0.25) is 0 Å². The molecule has 1 heterocycles. The van der Waals surface area contributed by atoms with Gasteiger partial charge >= 0.3 is 0 Å². The van der Waals surface area contributed by atoms with Gasteiger partial charge in [-0.1, -0.05) is 28.9 Å². The minimum Gasteiger partial charge on any atom is -0.298 e. The van der Waals surface area contributed by atoms with Gasteiger partial charge in [-0.25, -0.2) is 0 Å². The van der Waals surface area contributed by atoms with Crippen molar-refractivity contribution in [3.05, 3.63) is 45.3 Å². The van der Waals surface area contributed by atoms with Gasteiger partial charge in [0.05, 0.1) is 6.04 Å². The Morgan fingerprint density at radius 1 is 1.44 bits per heavy atom. The molecule has 0 atom stereocenters. The summed E-state index contributed by atoms with van der Waals surface area (Å²) in [6, 6.07) is 6.71. The summed E-state index contributed by atoms with van der Waals surface area (Å²) in [6.45, 7) is 6.99. The lowest BCUT2D eigenvalue weighted by Crippen LogP contribution is -2.48. The molecule has 1 aromatic rings. The number of rotatable bonds is 3. The maximum atomic E-state index is 8.30. The Morgan fingerprint density at radius 3 is 2.88 bits per heavy atom. The third kappa shape index (κ3) is 2.35. The molecule has 16 heavy (non-hydrogen) atoms. The largest absolute Gasteiger partial charge is 0.298 e. The summed E-state index contributed by atoms with van der Waals surface area (Å²) in [5.41, 5.74) is 12.3. The summed E-state index contributed by atoms with van der Waals surface area (Å²) in [5, 5.41) is 3.70. The second-order valence-corrected chi connectivity index (χ2v) is 4.48. The van der Waals surface area contributed by atoms with Crippen LogP contribution in [0.4, 0.5) is 0 Å². The van der Waals surface area contributed by atoms with Crippen molar-refractivity contribution in [1.29, 1.82) is 0 Å². The van der Waals surface area contributed by atoms with Crippen molar-refractivity contribution < 1.29 is 0 Å². The fourth-order valence-corrected chi connectivity index (χ4v) is 2.03. The number of benzene rings is 1. The van der Waals surface area contributed by atoms with Gasteiger partial charge in [-0.15, -0.1) is 0 Å². The van der Waals surface area contributed by atoms with Crippen molar-refractivity contribution >= 4 is 0 Å². The zero-order chi connectivity index (χ0) is 11.5. The fraction of sp³-hybridized carbons (Fsp3) is 0.500. The lowest BCUT2D eigenvalue weighted by Gasteiger charge is -2.36. The van der Waals surface area contributed by atoms with Crippen LogP contribution in [-0.2, 0) is 6.54 Å². The Morgan fingerprint density at radius 2 is 2.19 bits per heavy atom. The Hall–Kier alpha value is -1.51. The lowest BCUT2D eigenvalue weighted by atomic mass is 10.0. The highest BCUT2D eigenvalue weighted by Gasteiger charge is 2.25. The molecule has 84 valence electrons. The van der Waals surface area contributed by atoms with Crippen LogP contribution in [0.15, 0.2) is 23.3 Å². The molecule has 0 radical (unpaired) electrons. The Kier molecular flexibility index (Phi) is 3.13. The van der Waals surface area contributed by atoms with Gasteiger partial charge in [-0.2, -0.15) is 0 Å². The highest BCUT2D eigenvalue weighted by atomic mass is 15.3. The number of likely N-dealkylation sites (tertiary alicyclic amines) is 1. The van der Waals surface area contributed by atoms with E-state index in [9.17, 15) is 0 Å². The first-order chi connectivity index (χ1) is 7.69. The van der Waals surface area contributed by atoms with Gasteiger partial charge in [0.25, 0.3) is 0 Å². The average Bonchev–Trinajstić information content (AvgIpc) is 2.20. The molecule has 0 aliphatic carbocycles. The summed E-state index contributed by atoms with van der Waals surface area (Å²) in [5.74, 6) is 0. The van der Waals surface area contributed by atoms with E-state index in [0.717, 1.165) is 19.6 Å². The van der Waals surface area contributed by atoms with Crippen molar-refractivity contribution in [1.82, 2.24) is 4.90 Å². The van der Waals surface area contributed by atoms with Crippen molar-refractivity contribution in [2.45, 2.75) is 26.4 Å². The molecule has 0 unspecified atom stereocenters. The molecule has 0 N–H and O–H groups in total. The molecule has 0 amide bonds.